The van der Waals surface area contributed by atoms with Crippen molar-refractivity contribution >= 4 is 11.6 Å². The van der Waals surface area contributed by atoms with Gasteiger partial charge >= 0.3 is 5.69 Å². The molecule has 0 heterocycles. The molecule has 0 bridgehead atoms. The van der Waals surface area contributed by atoms with Gasteiger partial charge in [-0.25, -0.2) is 4.39 Å². The molecule has 2 rings (SSSR count). The summed E-state index contributed by atoms with van der Waals surface area (Å²) < 4.78 is 18.2. The number of ether oxygens (including phenoxy) is 1. The minimum absolute atomic E-state index is 0.127. The molecule has 0 fully saturated rings. The molecule has 0 radical (unpaired) electrons. The molecule has 0 unspecified atom stereocenters. The number of halogens is 1. The Morgan fingerprint density at radius 3 is 2.54 bits per heavy atom. The predicted molar refractivity (Wildman–Crippen MR) is 83.6 cm³/mol. The van der Waals surface area contributed by atoms with Crippen molar-refractivity contribution in [3.05, 3.63) is 64.0 Å². The average molecular weight is 334 g/mol. The SMILES string of the molecule is CN(CCOc1ccc(F)cc1)C(=O)c1ccc([N+](=O)[O-])c(O)c1. The number of phenols is 1. The van der Waals surface area contributed by atoms with Crippen LogP contribution in [0.25, 0.3) is 0 Å². The number of nitro groups is 1. The largest absolute Gasteiger partial charge is 0.502 e. The molecule has 2 aromatic rings. The van der Waals surface area contributed by atoms with Crippen LogP contribution in [-0.4, -0.2) is 41.0 Å². The van der Waals surface area contributed by atoms with E-state index in [1.54, 1.807) is 0 Å². The third-order valence-corrected chi connectivity index (χ3v) is 3.27. The summed E-state index contributed by atoms with van der Waals surface area (Å²) in [4.78, 5) is 23.5. The first-order chi connectivity index (χ1) is 11.4. The highest BCUT2D eigenvalue weighted by Gasteiger charge is 2.18. The van der Waals surface area contributed by atoms with Gasteiger partial charge in [-0.15, -0.1) is 0 Å². The Hall–Kier alpha value is -3.16. The summed E-state index contributed by atoms with van der Waals surface area (Å²) in [5.74, 6) is -0.873. The smallest absolute Gasteiger partial charge is 0.310 e. The fourth-order valence-electron chi connectivity index (χ4n) is 1.96. The highest BCUT2D eigenvalue weighted by Crippen LogP contribution is 2.26. The molecule has 0 saturated carbocycles. The number of hydrogen-bond acceptors (Lipinski definition) is 5. The molecule has 7 nitrogen and oxygen atoms in total. The van der Waals surface area contributed by atoms with Crippen molar-refractivity contribution in [2.24, 2.45) is 0 Å². The van der Waals surface area contributed by atoms with E-state index in [0.717, 1.165) is 12.1 Å². The van der Waals surface area contributed by atoms with Gasteiger partial charge in [-0.1, -0.05) is 0 Å². The van der Waals surface area contributed by atoms with Gasteiger partial charge in [0, 0.05) is 18.7 Å². The van der Waals surface area contributed by atoms with Crippen LogP contribution < -0.4 is 4.74 Å². The molecule has 8 heteroatoms. The van der Waals surface area contributed by atoms with Gasteiger partial charge in [0.15, 0.2) is 5.75 Å². The quantitative estimate of drug-likeness (QED) is 0.647. The maximum atomic E-state index is 12.8. The Morgan fingerprint density at radius 1 is 1.29 bits per heavy atom. The highest BCUT2D eigenvalue weighted by molar-refractivity contribution is 5.94. The van der Waals surface area contributed by atoms with Crippen LogP contribution in [0.3, 0.4) is 0 Å². The number of amides is 1. The van der Waals surface area contributed by atoms with Gasteiger partial charge in [-0.05, 0) is 36.4 Å². The minimum Gasteiger partial charge on any atom is -0.502 e. The number of likely N-dealkylation sites (N-methyl/N-ethyl adjacent to an activating group) is 1. The molecular weight excluding hydrogens is 319 g/mol. The van der Waals surface area contributed by atoms with Crippen molar-refractivity contribution in [2.45, 2.75) is 0 Å². The summed E-state index contributed by atoms with van der Waals surface area (Å²) in [6.45, 7) is 0.431. The fourth-order valence-corrected chi connectivity index (χ4v) is 1.96. The predicted octanol–water partition coefficient (Wildman–Crippen LogP) is 2.59. The second-order valence-electron chi connectivity index (χ2n) is 4.99. The molecule has 0 atom stereocenters. The zero-order chi connectivity index (χ0) is 17.7. The standard InChI is InChI=1S/C16H15FN2O5/c1-18(8-9-24-13-5-3-12(17)4-6-13)16(21)11-2-7-14(19(22)23)15(20)10-11/h2-7,10,20H,8-9H2,1H3. The molecule has 24 heavy (non-hydrogen) atoms. The first-order valence-electron chi connectivity index (χ1n) is 6.99. The fraction of sp³-hybridized carbons (Fsp3) is 0.188. The van der Waals surface area contributed by atoms with E-state index in [2.05, 4.69) is 0 Å². The van der Waals surface area contributed by atoms with Gasteiger partial charge in [0.25, 0.3) is 5.91 Å². The maximum Gasteiger partial charge on any atom is 0.310 e. The van der Waals surface area contributed by atoms with Crippen molar-refractivity contribution in [1.82, 2.24) is 4.90 Å². The van der Waals surface area contributed by atoms with Crippen LogP contribution in [0.1, 0.15) is 10.4 Å². The van der Waals surface area contributed by atoms with Crippen LogP contribution in [0.15, 0.2) is 42.5 Å². The number of rotatable bonds is 6. The lowest BCUT2D eigenvalue weighted by Gasteiger charge is -2.17. The van der Waals surface area contributed by atoms with Crippen molar-refractivity contribution in [2.75, 3.05) is 20.2 Å². The third kappa shape index (κ3) is 4.19. The van der Waals surface area contributed by atoms with Gasteiger partial charge in [-0.2, -0.15) is 0 Å². The lowest BCUT2D eigenvalue weighted by molar-refractivity contribution is -0.385. The molecule has 1 N–H and O–H groups in total. The number of benzene rings is 2. The second kappa shape index (κ2) is 7.40. The Labute approximate surface area is 137 Å². The Morgan fingerprint density at radius 2 is 1.96 bits per heavy atom. The van der Waals surface area contributed by atoms with E-state index in [4.69, 9.17) is 4.74 Å². The summed E-state index contributed by atoms with van der Waals surface area (Å²) in [7, 11) is 1.54. The van der Waals surface area contributed by atoms with E-state index < -0.39 is 22.3 Å². The van der Waals surface area contributed by atoms with Crippen LogP contribution in [0.5, 0.6) is 11.5 Å². The zero-order valence-electron chi connectivity index (χ0n) is 12.8. The minimum atomic E-state index is -0.732. The first kappa shape index (κ1) is 17.2. The van der Waals surface area contributed by atoms with E-state index in [-0.39, 0.29) is 24.5 Å². The Kier molecular flexibility index (Phi) is 5.31. The zero-order valence-corrected chi connectivity index (χ0v) is 12.8. The number of aromatic hydroxyl groups is 1. The molecule has 0 saturated heterocycles. The number of carbonyl (C=O) groups is 1. The number of nitro benzene ring substituents is 1. The first-order valence-corrected chi connectivity index (χ1v) is 6.99. The lowest BCUT2D eigenvalue weighted by atomic mass is 10.1. The van der Waals surface area contributed by atoms with Gasteiger partial charge in [0.2, 0.25) is 0 Å². The number of hydrogen-bond donors (Lipinski definition) is 1. The maximum absolute atomic E-state index is 12.8. The third-order valence-electron chi connectivity index (χ3n) is 3.27. The van der Waals surface area contributed by atoms with Crippen molar-refractivity contribution in [3.8, 4) is 11.5 Å². The van der Waals surface area contributed by atoms with Gasteiger partial charge in [-0.3, -0.25) is 14.9 Å². The molecule has 2 aromatic carbocycles. The van der Waals surface area contributed by atoms with E-state index in [0.29, 0.717) is 5.75 Å². The van der Waals surface area contributed by atoms with E-state index in [9.17, 15) is 24.4 Å². The molecule has 0 aliphatic rings. The molecule has 0 aliphatic carbocycles. The highest BCUT2D eigenvalue weighted by atomic mass is 19.1. The van der Waals surface area contributed by atoms with Gasteiger partial charge in [0.1, 0.15) is 18.2 Å². The van der Waals surface area contributed by atoms with Gasteiger partial charge in [0.05, 0.1) is 11.5 Å². The van der Waals surface area contributed by atoms with Crippen LogP contribution in [-0.2, 0) is 0 Å². The van der Waals surface area contributed by atoms with Crippen LogP contribution >= 0.6 is 0 Å². The normalized spacial score (nSPS) is 10.2. The summed E-state index contributed by atoms with van der Waals surface area (Å²) in [5, 5.41) is 20.2. The summed E-state index contributed by atoms with van der Waals surface area (Å²) >= 11 is 0. The Balaban J connectivity index is 1.93. The van der Waals surface area contributed by atoms with Crippen molar-refractivity contribution in [1.29, 1.82) is 0 Å². The van der Waals surface area contributed by atoms with Crippen molar-refractivity contribution in [3.63, 3.8) is 0 Å². The van der Waals surface area contributed by atoms with Gasteiger partial charge < -0.3 is 14.7 Å². The van der Waals surface area contributed by atoms with E-state index in [1.165, 1.54) is 42.3 Å². The van der Waals surface area contributed by atoms with Crippen LogP contribution in [0.2, 0.25) is 0 Å². The number of carbonyl (C=O) groups excluding carboxylic acids is 1. The monoisotopic (exact) mass is 334 g/mol. The van der Waals surface area contributed by atoms with Crippen LogP contribution in [0, 0.1) is 15.9 Å². The average Bonchev–Trinajstić information content (AvgIpc) is 2.55. The molecule has 126 valence electrons. The molecule has 0 spiro atoms. The Bertz CT molecular complexity index is 749. The molecular formula is C16H15FN2O5. The molecule has 0 aliphatic heterocycles. The van der Waals surface area contributed by atoms with Crippen LogP contribution in [0.4, 0.5) is 10.1 Å². The summed E-state index contributed by atoms with van der Waals surface area (Å²) in [5.41, 5.74) is -0.337. The number of phenolic OH excluding ortho intramolecular Hbond substituents is 1. The number of nitrogens with zero attached hydrogens (tertiary/aromatic N) is 2. The topological polar surface area (TPSA) is 92.9 Å². The molecule has 1 amide bonds. The van der Waals surface area contributed by atoms with Crippen molar-refractivity contribution < 1.29 is 24.0 Å². The summed E-state index contributed by atoms with van der Waals surface area (Å²) in [6.07, 6.45) is 0. The lowest BCUT2D eigenvalue weighted by Crippen LogP contribution is -2.30. The van der Waals surface area contributed by atoms with E-state index in [1.807, 2.05) is 0 Å². The summed E-state index contributed by atoms with van der Waals surface area (Å²) in [6, 6.07) is 8.89. The molecule has 0 aromatic heterocycles. The van der Waals surface area contributed by atoms with E-state index >= 15 is 0 Å². The second-order valence-corrected chi connectivity index (χ2v) is 4.99.